The molecule has 0 aliphatic carbocycles. The molecule has 3 aromatic heterocycles. The van der Waals surface area contributed by atoms with Crippen LogP contribution in [0.25, 0.3) is 5.82 Å². The molecule has 0 N–H and O–H groups in total. The van der Waals surface area contributed by atoms with Crippen LogP contribution in [0.3, 0.4) is 0 Å². The molecule has 0 spiro atoms. The van der Waals surface area contributed by atoms with E-state index < -0.39 is 0 Å². The topological polar surface area (TPSA) is 101 Å². The smallest absolute Gasteiger partial charge is 0.289 e. The van der Waals surface area contributed by atoms with Crippen molar-refractivity contribution in [3.05, 3.63) is 54.0 Å². The molecule has 2 saturated heterocycles. The Kier molecular flexibility index (Phi) is 5.12. The van der Waals surface area contributed by atoms with Gasteiger partial charge in [-0.2, -0.15) is 5.10 Å². The average Bonchev–Trinajstić information content (AvgIpc) is 3.42. The second-order valence-electron chi connectivity index (χ2n) is 8.27. The number of nitrogens with zero attached hydrogens (tertiary/aromatic N) is 7. The Balaban J connectivity index is 1.16. The van der Waals surface area contributed by atoms with Crippen molar-refractivity contribution in [2.24, 2.45) is 5.92 Å². The molecule has 2 aliphatic rings. The van der Waals surface area contributed by atoms with Crippen LogP contribution < -0.4 is 4.90 Å². The molecule has 2 aliphatic heterocycles. The largest absolute Gasteiger partial charge is 0.459 e. The van der Waals surface area contributed by atoms with E-state index in [4.69, 9.17) is 4.42 Å². The summed E-state index contributed by atoms with van der Waals surface area (Å²) in [5.41, 5.74) is 1.94. The third-order valence-electron chi connectivity index (χ3n) is 6.03. The predicted molar refractivity (Wildman–Crippen MR) is 116 cm³/mol. The predicted octanol–water partition coefficient (Wildman–Crippen LogP) is 1.29. The highest BCUT2D eigenvalue weighted by Gasteiger charge is 2.37. The van der Waals surface area contributed by atoms with E-state index in [-0.39, 0.29) is 17.7 Å². The number of rotatable bonds is 4. The van der Waals surface area contributed by atoms with Crippen molar-refractivity contribution in [2.75, 3.05) is 44.2 Å². The molecule has 0 unspecified atom stereocenters. The number of anilines is 1. The maximum absolute atomic E-state index is 12.9. The van der Waals surface area contributed by atoms with Crippen LogP contribution >= 0.6 is 0 Å². The number of hydrogen-bond acceptors (Lipinski definition) is 7. The van der Waals surface area contributed by atoms with Gasteiger partial charge >= 0.3 is 0 Å². The Morgan fingerprint density at radius 3 is 2.38 bits per heavy atom. The molecular formula is C22H25N7O3. The highest BCUT2D eigenvalue weighted by molar-refractivity contribution is 5.91. The monoisotopic (exact) mass is 435 g/mol. The molecule has 5 heterocycles. The highest BCUT2D eigenvalue weighted by Crippen LogP contribution is 2.26. The summed E-state index contributed by atoms with van der Waals surface area (Å²) in [4.78, 5) is 39.7. The van der Waals surface area contributed by atoms with Crippen molar-refractivity contribution < 1.29 is 14.0 Å². The van der Waals surface area contributed by atoms with Crippen LogP contribution in [0, 0.1) is 19.8 Å². The van der Waals surface area contributed by atoms with Crippen molar-refractivity contribution in [3.63, 3.8) is 0 Å². The maximum atomic E-state index is 12.9. The standard InChI is InChI=1S/C22H25N7O3/c1-15-10-16(2)29(25-15)20-11-19(23-14-24-20)28-12-17(13-28)21(30)26-5-7-27(8-6-26)22(31)18-4-3-9-32-18/h3-4,9-11,14,17H,5-8,12-13H2,1-2H3. The molecule has 2 amide bonds. The lowest BCUT2D eigenvalue weighted by molar-refractivity contribution is -0.137. The van der Waals surface area contributed by atoms with Crippen LogP contribution in [0.15, 0.2) is 41.3 Å². The lowest BCUT2D eigenvalue weighted by Gasteiger charge is -2.43. The van der Waals surface area contributed by atoms with E-state index in [1.807, 2.05) is 30.9 Å². The zero-order valence-corrected chi connectivity index (χ0v) is 18.1. The zero-order chi connectivity index (χ0) is 22.2. The normalized spacial score (nSPS) is 16.9. The number of furan rings is 1. The second kappa shape index (κ2) is 8.10. The van der Waals surface area contributed by atoms with Crippen LogP contribution in [0.4, 0.5) is 5.82 Å². The highest BCUT2D eigenvalue weighted by atomic mass is 16.3. The SMILES string of the molecule is Cc1cc(C)n(-c2cc(N3CC(C(=O)N4CCN(C(=O)c5ccco5)CC4)C3)ncn2)n1. The first-order valence-electron chi connectivity index (χ1n) is 10.7. The maximum Gasteiger partial charge on any atom is 0.289 e. The van der Waals surface area contributed by atoms with E-state index in [2.05, 4.69) is 20.0 Å². The summed E-state index contributed by atoms with van der Waals surface area (Å²) in [5, 5.41) is 4.48. The fourth-order valence-electron chi connectivity index (χ4n) is 4.25. The number of carbonyl (C=O) groups excluding carboxylic acids is 2. The molecule has 10 heteroatoms. The van der Waals surface area contributed by atoms with Gasteiger partial charge < -0.3 is 19.1 Å². The molecule has 32 heavy (non-hydrogen) atoms. The van der Waals surface area contributed by atoms with Gasteiger partial charge in [0.15, 0.2) is 11.6 Å². The van der Waals surface area contributed by atoms with E-state index in [0.29, 0.717) is 50.8 Å². The first-order valence-corrected chi connectivity index (χ1v) is 10.7. The minimum Gasteiger partial charge on any atom is -0.459 e. The van der Waals surface area contributed by atoms with Gasteiger partial charge in [0.25, 0.3) is 5.91 Å². The van der Waals surface area contributed by atoms with Gasteiger partial charge in [0.2, 0.25) is 5.91 Å². The molecule has 0 atom stereocenters. The van der Waals surface area contributed by atoms with Crippen LogP contribution in [0.2, 0.25) is 0 Å². The Bertz CT molecular complexity index is 1130. The van der Waals surface area contributed by atoms with Crippen molar-refractivity contribution in [2.45, 2.75) is 13.8 Å². The van der Waals surface area contributed by atoms with Gasteiger partial charge in [0.1, 0.15) is 12.1 Å². The second-order valence-corrected chi connectivity index (χ2v) is 8.27. The summed E-state index contributed by atoms with van der Waals surface area (Å²) in [7, 11) is 0. The summed E-state index contributed by atoms with van der Waals surface area (Å²) in [6, 6.07) is 7.27. The summed E-state index contributed by atoms with van der Waals surface area (Å²) in [6.07, 6.45) is 3.03. The summed E-state index contributed by atoms with van der Waals surface area (Å²) in [6.45, 7) is 7.29. The van der Waals surface area contributed by atoms with Gasteiger partial charge in [-0.15, -0.1) is 0 Å². The number of aryl methyl sites for hydroxylation is 2. The van der Waals surface area contributed by atoms with E-state index in [1.165, 1.54) is 12.6 Å². The minimum absolute atomic E-state index is 0.0607. The van der Waals surface area contributed by atoms with Gasteiger partial charge in [-0.05, 0) is 32.0 Å². The Labute approximate surface area is 185 Å². The van der Waals surface area contributed by atoms with E-state index in [1.54, 1.807) is 21.7 Å². The van der Waals surface area contributed by atoms with Crippen molar-refractivity contribution in [1.82, 2.24) is 29.5 Å². The number of piperazine rings is 1. The molecule has 0 radical (unpaired) electrons. The van der Waals surface area contributed by atoms with Gasteiger partial charge in [-0.3, -0.25) is 9.59 Å². The quantitative estimate of drug-likeness (QED) is 0.609. The fourth-order valence-corrected chi connectivity index (χ4v) is 4.25. The first kappa shape index (κ1) is 20.2. The van der Waals surface area contributed by atoms with Gasteiger partial charge in [-0.25, -0.2) is 14.6 Å². The van der Waals surface area contributed by atoms with Crippen LogP contribution in [0.1, 0.15) is 21.9 Å². The Morgan fingerprint density at radius 1 is 1.00 bits per heavy atom. The number of hydrogen-bond donors (Lipinski definition) is 0. The van der Waals surface area contributed by atoms with Gasteiger partial charge in [0, 0.05) is 51.0 Å². The van der Waals surface area contributed by atoms with E-state index in [9.17, 15) is 9.59 Å². The first-order chi connectivity index (χ1) is 15.5. The van der Waals surface area contributed by atoms with Gasteiger partial charge in [0.05, 0.1) is 17.9 Å². The van der Waals surface area contributed by atoms with Crippen LogP contribution in [0.5, 0.6) is 0 Å². The fraction of sp³-hybridized carbons (Fsp3) is 0.409. The number of aromatic nitrogens is 4. The average molecular weight is 435 g/mol. The van der Waals surface area contributed by atoms with Crippen LogP contribution in [-0.4, -0.2) is 80.6 Å². The molecule has 2 fully saturated rings. The Morgan fingerprint density at radius 2 is 1.72 bits per heavy atom. The third kappa shape index (κ3) is 3.72. The molecule has 5 rings (SSSR count). The summed E-state index contributed by atoms with van der Waals surface area (Å²) in [5.74, 6) is 1.80. The van der Waals surface area contributed by atoms with E-state index in [0.717, 1.165) is 17.2 Å². The van der Waals surface area contributed by atoms with Crippen LogP contribution in [-0.2, 0) is 4.79 Å². The van der Waals surface area contributed by atoms with Gasteiger partial charge in [-0.1, -0.05) is 0 Å². The molecule has 166 valence electrons. The molecule has 0 saturated carbocycles. The third-order valence-corrected chi connectivity index (χ3v) is 6.03. The molecule has 10 nitrogen and oxygen atoms in total. The van der Waals surface area contributed by atoms with Crippen molar-refractivity contribution in [3.8, 4) is 5.82 Å². The zero-order valence-electron chi connectivity index (χ0n) is 18.1. The molecule has 3 aromatic rings. The molecule has 0 bridgehead atoms. The lowest BCUT2D eigenvalue weighted by atomic mass is 9.98. The number of carbonyl (C=O) groups is 2. The van der Waals surface area contributed by atoms with Crippen molar-refractivity contribution in [1.29, 1.82) is 0 Å². The molecule has 0 aromatic carbocycles. The minimum atomic E-state index is -0.126. The Hall–Kier alpha value is -3.69. The molecular weight excluding hydrogens is 410 g/mol. The summed E-state index contributed by atoms with van der Waals surface area (Å²) < 4.78 is 6.99. The van der Waals surface area contributed by atoms with E-state index >= 15 is 0 Å². The number of amides is 2. The summed E-state index contributed by atoms with van der Waals surface area (Å²) >= 11 is 0. The van der Waals surface area contributed by atoms with Crippen molar-refractivity contribution >= 4 is 17.6 Å². The lowest BCUT2D eigenvalue weighted by Crippen LogP contribution is -2.58.